The zero-order chi connectivity index (χ0) is 13.4. The summed E-state index contributed by atoms with van der Waals surface area (Å²) >= 11 is 3.48. The summed E-state index contributed by atoms with van der Waals surface area (Å²) in [6.45, 7) is 1.98. The van der Waals surface area contributed by atoms with Crippen LogP contribution < -0.4 is 0 Å². The van der Waals surface area contributed by atoms with Gasteiger partial charge in [0.2, 0.25) is 5.89 Å². The van der Waals surface area contributed by atoms with Gasteiger partial charge in [0.1, 0.15) is 0 Å². The number of carbonyl (C=O) groups excluding carboxylic acids is 1. The van der Waals surface area contributed by atoms with Crippen molar-refractivity contribution < 1.29 is 9.21 Å². The molecule has 0 radical (unpaired) electrons. The Morgan fingerprint density at radius 3 is 3.00 bits per heavy atom. The minimum atomic E-state index is 0.473. The number of hydrogen-bond donors (Lipinski definition) is 0. The van der Waals surface area contributed by atoms with Crippen molar-refractivity contribution in [2.75, 3.05) is 0 Å². The van der Waals surface area contributed by atoms with Gasteiger partial charge in [0, 0.05) is 21.8 Å². The van der Waals surface area contributed by atoms with E-state index in [0.29, 0.717) is 22.7 Å². The zero-order valence-corrected chi connectivity index (χ0v) is 11.6. The maximum absolute atomic E-state index is 10.7. The normalized spacial score (nSPS) is 10.8. The molecule has 0 amide bonds. The van der Waals surface area contributed by atoms with E-state index in [0.717, 1.165) is 21.9 Å². The molecule has 0 aliphatic heterocycles. The first-order valence-electron chi connectivity index (χ1n) is 5.66. The molecule has 19 heavy (non-hydrogen) atoms. The number of aldehydes is 1. The smallest absolute Gasteiger partial charge is 0.229 e. The molecule has 0 spiro atoms. The van der Waals surface area contributed by atoms with E-state index in [1.165, 1.54) is 6.20 Å². The Labute approximate surface area is 117 Å². The van der Waals surface area contributed by atoms with Crippen molar-refractivity contribution in [2.24, 2.45) is 0 Å². The second kappa shape index (κ2) is 4.59. The third-order valence-corrected chi connectivity index (χ3v) is 3.76. The Balaban J connectivity index is 2.20. The highest BCUT2D eigenvalue weighted by Gasteiger charge is 2.12. The van der Waals surface area contributed by atoms with Crippen molar-refractivity contribution >= 4 is 33.4 Å². The Bertz CT molecular complexity index is 780. The first-order chi connectivity index (χ1) is 9.19. The average molecular weight is 317 g/mol. The van der Waals surface area contributed by atoms with Gasteiger partial charge in [-0.3, -0.25) is 4.79 Å². The van der Waals surface area contributed by atoms with Crippen molar-refractivity contribution in [3.63, 3.8) is 0 Å². The summed E-state index contributed by atoms with van der Waals surface area (Å²) < 4.78 is 6.67. The number of pyridine rings is 1. The first kappa shape index (κ1) is 12.0. The van der Waals surface area contributed by atoms with Crippen LogP contribution >= 0.6 is 15.9 Å². The Morgan fingerprint density at radius 2 is 2.21 bits per heavy atom. The molecular weight excluding hydrogens is 308 g/mol. The SMILES string of the molecule is Cc1c(Br)cccc1-c1nc2ncc(C=O)cc2o1. The van der Waals surface area contributed by atoms with E-state index in [1.807, 2.05) is 25.1 Å². The van der Waals surface area contributed by atoms with Crippen molar-refractivity contribution in [1.82, 2.24) is 9.97 Å². The topological polar surface area (TPSA) is 56.0 Å². The molecule has 1 aromatic carbocycles. The summed E-state index contributed by atoms with van der Waals surface area (Å²) in [5, 5.41) is 0. The number of carbonyl (C=O) groups is 1. The number of oxazole rings is 1. The molecule has 94 valence electrons. The standard InChI is InChI=1S/C14H9BrN2O2/c1-8-10(3-2-4-11(8)15)14-17-13-12(19-14)5-9(7-18)6-16-13/h2-7H,1H3. The predicted molar refractivity (Wildman–Crippen MR) is 75.1 cm³/mol. The summed E-state index contributed by atoms with van der Waals surface area (Å²) in [5.74, 6) is 0.504. The van der Waals surface area contributed by atoms with Gasteiger partial charge in [-0.05, 0) is 30.7 Å². The summed E-state index contributed by atoms with van der Waals surface area (Å²) in [4.78, 5) is 19.2. The third kappa shape index (κ3) is 2.06. The summed E-state index contributed by atoms with van der Waals surface area (Å²) in [5.41, 5.74) is 3.44. The molecule has 2 aromatic heterocycles. The van der Waals surface area contributed by atoms with E-state index in [4.69, 9.17) is 4.42 Å². The Kier molecular flexibility index (Phi) is 2.91. The monoisotopic (exact) mass is 316 g/mol. The van der Waals surface area contributed by atoms with E-state index in [1.54, 1.807) is 6.07 Å². The highest BCUT2D eigenvalue weighted by Crippen LogP contribution is 2.29. The lowest BCUT2D eigenvalue weighted by molar-refractivity contribution is 0.112. The zero-order valence-electron chi connectivity index (χ0n) is 10.1. The van der Waals surface area contributed by atoms with Crippen LogP contribution in [-0.2, 0) is 0 Å². The van der Waals surface area contributed by atoms with Crippen molar-refractivity contribution in [2.45, 2.75) is 6.92 Å². The lowest BCUT2D eigenvalue weighted by Crippen LogP contribution is -1.84. The maximum atomic E-state index is 10.7. The summed E-state index contributed by atoms with van der Waals surface area (Å²) in [6.07, 6.45) is 2.22. The number of fused-ring (bicyclic) bond motifs is 1. The number of rotatable bonds is 2. The molecule has 0 saturated carbocycles. The second-order valence-corrected chi connectivity index (χ2v) is 4.99. The van der Waals surface area contributed by atoms with Crippen LogP contribution in [0.5, 0.6) is 0 Å². The fourth-order valence-corrected chi connectivity index (χ4v) is 2.22. The van der Waals surface area contributed by atoms with Crippen LogP contribution in [0.15, 0.2) is 39.4 Å². The molecule has 2 heterocycles. The average Bonchev–Trinajstić information content (AvgIpc) is 2.84. The quantitative estimate of drug-likeness (QED) is 0.675. The van der Waals surface area contributed by atoms with Crippen molar-refractivity contribution in [3.05, 3.63) is 46.1 Å². The van der Waals surface area contributed by atoms with Gasteiger partial charge in [-0.25, -0.2) is 4.98 Å². The Morgan fingerprint density at radius 1 is 1.37 bits per heavy atom. The second-order valence-electron chi connectivity index (χ2n) is 4.14. The van der Waals surface area contributed by atoms with Gasteiger partial charge >= 0.3 is 0 Å². The molecule has 3 rings (SSSR count). The molecule has 0 atom stereocenters. The highest BCUT2D eigenvalue weighted by atomic mass is 79.9. The molecule has 5 heteroatoms. The molecule has 3 aromatic rings. The predicted octanol–water partition coefficient (Wildman–Crippen LogP) is 3.77. The third-order valence-electron chi connectivity index (χ3n) is 2.90. The van der Waals surface area contributed by atoms with Crippen molar-refractivity contribution in [3.8, 4) is 11.5 Å². The van der Waals surface area contributed by atoms with Crippen LogP contribution in [-0.4, -0.2) is 16.3 Å². The first-order valence-corrected chi connectivity index (χ1v) is 6.45. The maximum Gasteiger partial charge on any atom is 0.229 e. The van der Waals surface area contributed by atoms with Crippen LogP contribution in [0, 0.1) is 6.92 Å². The van der Waals surface area contributed by atoms with Gasteiger partial charge in [-0.2, -0.15) is 4.98 Å². The van der Waals surface area contributed by atoms with Crippen molar-refractivity contribution in [1.29, 1.82) is 0 Å². The van der Waals surface area contributed by atoms with E-state index in [2.05, 4.69) is 25.9 Å². The van der Waals surface area contributed by atoms with Gasteiger partial charge in [-0.1, -0.05) is 22.0 Å². The minimum absolute atomic E-state index is 0.473. The van der Waals surface area contributed by atoms with Gasteiger partial charge in [0.05, 0.1) is 0 Å². The molecular formula is C14H9BrN2O2. The minimum Gasteiger partial charge on any atom is -0.434 e. The van der Waals surface area contributed by atoms with E-state index in [9.17, 15) is 4.79 Å². The van der Waals surface area contributed by atoms with Gasteiger partial charge in [0.25, 0.3) is 0 Å². The highest BCUT2D eigenvalue weighted by molar-refractivity contribution is 9.10. The molecule has 0 N–H and O–H groups in total. The van der Waals surface area contributed by atoms with Crippen LogP contribution in [0.4, 0.5) is 0 Å². The van der Waals surface area contributed by atoms with E-state index >= 15 is 0 Å². The van der Waals surface area contributed by atoms with Gasteiger partial charge < -0.3 is 4.42 Å². The van der Waals surface area contributed by atoms with Crippen LogP contribution in [0.1, 0.15) is 15.9 Å². The number of nitrogens with zero attached hydrogens (tertiary/aromatic N) is 2. The Hall–Kier alpha value is -2.01. The number of aromatic nitrogens is 2. The number of benzene rings is 1. The van der Waals surface area contributed by atoms with Crippen LogP contribution in [0.3, 0.4) is 0 Å². The molecule has 0 unspecified atom stereocenters. The van der Waals surface area contributed by atoms with E-state index < -0.39 is 0 Å². The van der Waals surface area contributed by atoms with Crippen LogP contribution in [0.2, 0.25) is 0 Å². The molecule has 0 aliphatic carbocycles. The fourth-order valence-electron chi connectivity index (χ4n) is 1.85. The molecule has 0 bridgehead atoms. The molecule has 0 aliphatic rings. The van der Waals surface area contributed by atoms with Crippen LogP contribution in [0.25, 0.3) is 22.7 Å². The number of hydrogen-bond acceptors (Lipinski definition) is 4. The van der Waals surface area contributed by atoms with Gasteiger partial charge in [-0.15, -0.1) is 0 Å². The fraction of sp³-hybridized carbons (Fsp3) is 0.0714. The lowest BCUT2D eigenvalue weighted by Gasteiger charge is -2.02. The van der Waals surface area contributed by atoms with Gasteiger partial charge in [0.15, 0.2) is 17.5 Å². The molecule has 0 fully saturated rings. The summed E-state index contributed by atoms with van der Waals surface area (Å²) in [7, 11) is 0. The largest absolute Gasteiger partial charge is 0.434 e. The summed E-state index contributed by atoms with van der Waals surface area (Å²) in [6, 6.07) is 7.46. The van der Waals surface area contributed by atoms with E-state index in [-0.39, 0.29) is 0 Å². The lowest BCUT2D eigenvalue weighted by atomic mass is 10.1. The molecule has 0 saturated heterocycles. The molecule has 4 nitrogen and oxygen atoms in total. The number of halogens is 1.